The molecule has 0 unspecified atom stereocenters. The summed E-state index contributed by atoms with van der Waals surface area (Å²) in [6.07, 6.45) is 2.32. The van der Waals surface area contributed by atoms with E-state index in [0.29, 0.717) is 6.42 Å². The van der Waals surface area contributed by atoms with Gasteiger partial charge < -0.3 is 9.80 Å². The van der Waals surface area contributed by atoms with Gasteiger partial charge in [-0.25, -0.2) is 9.97 Å². The molecule has 1 aromatic heterocycles. The highest BCUT2D eigenvalue weighted by molar-refractivity contribution is 5.77. The highest BCUT2D eigenvalue weighted by Gasteiger charge is 2.27. The fraction of sp³-hybridized carbons (Fsp3) is 0.542. The average molecular weight is 395 g/mol. The molecule has 0 bridgehead atoms. The molecule has 5 nitrogen and oxygen atoms in total. The summed E-state index contributed by atoms with van der Waals surface area (Å²) in [7, 11) is 0. The number of carbonyl (C=O) groups is 1. The first kappa shape index (κ1) is 21.3. The summed E-state index contributed by atoms with van der Waals surface area (Å²) in [5.74, 6) is 2.12. The molecule has 1 fully saturated rings. The molecule has 156 valence electrons. The van der Waals surface area contributed by atoms with Crippen molar-refractivity contribution >= 4 is 11.7 Å². The zero-order valence-corrected chi connectivity index (χ0v) is 18.5. The van der Waals surface area contributed by atoms with E-state index in [4.69, 9.17) is 9.97 Å². The molecule has 0 saturated carbocycles. The highest BCUT2D eigenvalue weighted by Crippen LogP contribution is 2.27. The number of piperazine rings is 1. The van der Waals surface area contributed by atoms with Crippen molar-refractivity contribution in [2.45, 2.75) is 53.9 Å². The maximum Gasteiger partial charge on any atom is 0.223 e. The molecule has 2 heterocycles. The van der Waals surface area contributed by atoms with Gasteiger partial charge in [0, 0.05) is 50.3 Å². The molecule has 5 heteroatoms. The van der Waals surface area contributed by atoms with Gasteiger partial charge in [-0.2, -0.15) is 0 Å². The summed E-state index contributed by atoms with van der Waals surface area (Å²) in [5.41, 5.74) is 3.65. The van der Waals surface area contributed by atoms with Crippen molar-refractivity contribution in [3.63, 3.8) is 0 Å². The van der Waals surface area contributed by atoms with E-state index in [1.165, 1.54) is 11.1 Å². The van der Waals surface area contributed by atoms with Crippen LogP contribution in [-0.2, 0) is 17.6 Å². The number of aryl methyl sites for hydroxylation is 2. The molecule has 0 atom stereocenters. The molecular weight excluding hydrogens is 360 g/mol. The molecule has 0 spiro atoms. The van der Waals surface area contributed by atoms with E-state index in [2.05, 4.69) is 56.9 Å². The third kappa shape index (κ3) is 5.55. The highest BCUT2D eigenvalue weighted by atomic mass is 16.2. The van der Waals surface area contributed by atoms with Gasteiger partial charge in [0.15, 0.2) is 0 Å². The monoisotopic (exact) mass is 394 g/mol. The number of nitrogens with zero attached hydrogens (tertiary/aromatic N) is 4. The minimum atomic E-state index is 0.0247. The van der Waals surface area contributed by atoms with E-state index in [-0.39, 0.29) is 11.3 Å². The van der Waals surface area contributed by atoms with Gasteiger partial charge >= 0.3 is 0 Å². The molecular formula is C24H34N4O. The number of hydrogen-bond acceptors (Lipinski definition) is 4. The van der Waals surface area contributed by atoms with Crippen molar-refractivity contribution in [2.24, 2.45) is 5.41 Å². The van der Waals surface area contributed by atoms with Crippen molar-refractivity contribution in [3.8, 4) is 0 Å². The van der Waals surface area contributed by atoms with Crippen LogP contribution in [0, 0.1) is 12.3 Å². The van der Waals surface area contributed by atoms with Gasteiger partial charge in [-0.15, -0.1) is 0 Å². The smallest absolute Gasteiger partial charge is 0.223 e. The Morgan fingerprint density at radius 1 is 1.03 bits per heavy atom. The van der Waals surface area contributed by atoms with Gasteiger partial charge in [0.25, 0.3) is 0 Å². The molecule has 0 radical (unpaired) electrons. The maximum absolute atomic E-state index is 12.6. The summed E-state index contributed by atoms with van der Waals surface area (Å²) >= 11 is 0. The molecule has 1 saturated heterocycles. The Kier molecular flexibility index (Phi) is 6.56. The van der Waals surface area contributed by atoms with Gasteiger partial charge in [0.1, 0.15) is 11.6 Å². The lowest BCUT2D eigenvalue weighted by Crippen LogP contribution is -2.50. The standard InChI is InChI=1S/C24H34N4O/c1-6-21-20(16-19-10-8-7-9-11-19)23(26-18(2)25-21)28-14-12-27(13-15-28)22(29)17-24(3,4)5/h7-11H,6,12-17H2,1-5H3. The summed E-state index contributed by atoms with van der Waals surface area (Å²) in [6, 6.07) is 10.5. The second-order valence-electron chi connectivity index (χ2n) is 9.14. The normalized spacial score (nSPS) is 14.9. The largest absolute Gasteiger partial charge is 0.353 e. The van der Waals surface area contributed by atoms with E-state index < -0.39 is 0 Å². The molecule has 1 aliphatic rings. The van der Waals surface area contributed by atoms with Crippen molar-refractivity contribution in [1.29, 1.82) is 0 Å². The Hall–Kier alpha value is -2.43. The SMILES string of the molecule is CCc1nc(C)nc(N2CCN(C(=O)CC(C)(C)C)CC2)c1Cc1ccccc1. The fourth-order valence-electron chi connectivity index (χ4n) is 3.91. The van der Waals surface area contributed by atoms with Crippen LogP contribution in [0.25, 0.3) is 0 Å². The second kappa shape index (κ2) is 8.93. The second-order valence-corrected chi connectivity index (χ2v) is 9.14. The molecule has 1 aliphatic heterocycles. The van der Waals surface area contributed by atoms with E-state index in [0.717, 1.165) is 56.4 Å². The zero-order valence-electron chi connectivity index (χ0n) is 18.5. The molecule has 1 aromatic carbocycles. The average Bonchev–Trinajstić information content (AvgIpc) is 2.68. The van der Waals surface area contributed by atoms with Gasteiger partial charge in [0.05, 0.1) is 0 Å². The van der Waals surface area contributed by atoms with Crippen LogP contribution in [0.5, 0.6) is 0 Å². The third-order valence-electron chi connectivity index (χ3n) is 5.35. The van der Waals surface area contributed by atoms with Crippen molar-refractivity contribution < 1.29 is 4.79 Å². The summed E-state index contributed by atoms with van der Waals surface area (Å²) < 4.78 is 0. The lowest BCUT2D eigenvalue weighted by atomic mass is 9.91. The zero-order chi connectivity index (χ0) is 21.0. The van der Waals surface area contributed by atoms with Crippen molar-refractivity contribution in [2.75, 3.05) is 31.1 Å². The first-order chi connectivity index (χ1) is 13.8. The minimum Gasteiger partial charge on any atom is -0.353 e. The summed E-state index contributed by atoms with van der Waals surface area (Å²) in [4.78, 5) is 26.5. The Bertz CT molecular complexity index is 834. The Labute approximate surface area is 175 Å². The van der Waals surface area contributed by atoms with Crippen LogP contribution in [-0.4, -0.2) is 47.0 Å². The minimum absolute atomic E-state index is 0.0247. The molecule has 1 amide bonds. The number of rotatable bonds is 5. The Morgan fingerprint density at radius 2 is 1.69 bits per heavy atom. The Morgan fingerprint density at radius 3 is 2.28 bits per heavy atom. The molecule has 0 N–H and O–H groups in total. The predicted octanol–water partition coefficient (Wildman–Crippen LogP) is 4.02. The van der Waals surface area contributed by atoms with Gasteiger partial charge in [0.2, 0.25) is 5.91 Å². The predicted molar refractivity (Wildman–Crippen MR) is 118 cm³/mol. The topological polar surface area (TPSA) is 49.3 Å². The lowest BCUT2D eigenvalue weighted by molar-refractivity contribution is -0.133. The van der Waals surface area contributed by atoms with Crippen LogP contribution in [0.2, 0.25) is 0 Å². The molecule has 0 aliphatic carbocycles. The quantitative estimate of drug-likeness (QED) is 0.768. The van der Waals surface area contributed by atoms with Crippen LogP contribution in [0.4, 0.5) is 5.82 Å². The molecule has 2 aromatic rings. The number of aromatic nitrogens is 2. The Balaban J connectivity index is 1.80. The van der Waals surface area contributed by atoms with Crippen LogP contribution in [0.15, 0.2) is 30.3 Å². The number of benzene rings is 1. The van der Waals surface area contributed by atoms with Gasteiger partial charge in [-0.05, 0) is 24.3 Å². The lowest BCUT2D eigenvalue weighted by Gasteiger charge is -2.37. The first-order valence-electron chi connectivity index (χ1n) is 10.7. The van der Waals surface area contributed by atoms with E-state index in [9.17, 15) is 4.79 Å². The van der Waals surface area contributed by atoms with Crippen LogP contribution >= 0.6 is 0 Å². The van der Waals surface area contributed by atoms with Crippen molar-refractivity contribution in [3.05, 3.63) is 53.0 Å². The van der Waals surface area contributed by atoms with Crippen LogP contribution < -0.4 is 4.90 Å². The van der Waals surface area contributed by atoms with Gasteiger partial charge in [-0.3, -0.25) is 4.79 Å². The van der Waals surface area contributed by atoms with Crippen molar-refractivity contribution in [1.82, 2.24) is 14.9 Å². The third-order valence-corrected chi connectivity index (χ3v) is 5.35. The summed E-state index contributed by atoms with van der Waals surface area (Å²) in [6.45, 7) is 13.6. The van der Waals surface area contributed by atoms with E-state index in [1.807, 2.05) is 17.9 Å². The number of anilines is 1. The van der Waals surface area contributed by atoms with E-state index in [1.54, 1.807) is 0 Å². The number of amides is 1. The molecule has 3 rings (SSSR count). The van der Waals surface area contributed by atoms with Gasteiger partial charge in [-0.1, -0.05) is 58.0 Å². The van der Waals surface area contributed by atoms with Crippen LogP contribution in [0.3, 0.4) is 0 Å². The van der Waals surface area contributed by atoms with Crippen LogP contribution in [0.1, 0.15) is 56.8 Å². The van der Waals surface area contributed by atoms with E-state index >= 15 is 0 Å². The fourth-order valence-corrected chi connectivity index (χ4v) is 3.91. The summed E-state index contributed by atoms with van der Waals surface area (Å²) in [5, 5.41) is 0. The number of carbonyl (C=O) groups excluding carboxylic acids is 1. The first-order valence-corrected chi connectivity index (χ1v) is 10.7. The number of hydrogen-bond donors (Lipinski definition) is 0. The maximum atomic E-state index is 12.6. The molecule has 29 heavy (non-hydrogen) atoms.